The molecule has 8 heteroatoms. The van der Waals surface area contributed by atoms with Crippen molar-refractivity contribution >= 4 is 11.9 Å². The Kier molecular flexibility index (Phi) is 11.4. The van der Waals surface area contributed by atoms with E-state index < -0.39 is 17.9 Å². The summed E-state index contributed by atoms with van der Waals surface area (Å²) in [7, 11) is 5.65. The van der Waals surface area contributed by atoms with Crippen LogP contribution in [0.15, 0.2) is 36.4 Å². The van der Waals surface area contributed by atoms with E-state index in [1.165, 1.54) is 14.2 Å². The Morgan fingerprint density at radius 1 is 0.824 bits per heavy atom. The SMILES string of the molecule is CCc1c(OCOC)cc(OCOC)c(-c2ccccc2)c1CCCC(C(=O)OC)C(=O)OC. The number of ether oxygens (including phenoxy) is 6. The summed E-state index contributed by atoms with van der Waals surface area (Å²) in [6.07, 6.45) is 2.11. The van der Waals surface area contributed by atoms with Crippen LogP contribution in [0.1, 0.15) is 30.9 Å². The van der Waals surface area contributed by atoms with Crippen molar-refractivity contribution in [3.63, 3.8) is 0 Å². The maximum Gasteiger partial charge on any atom is 0.320 e. The summed E-state index contributed by atoms with van der Waals surface area (Å²) >= 11 is 0. The van der Waals surface area contributed by atoms with Gasteiger partial charge in [0.15, 0.2) is 19.5 Å². The Morgan fingerprint density at radius 3 is 1.94 bits per heavy atom. The van der Waals surface area contributed by atoms with Crippen LogP contribution in [-0.2, 0) is 41.4 Å². The summed E-state index contributed by atoms with van der Waals surface area (Å²) < 4.78 is 31.7. The van der Waals surface area contributed by atoms with Gasteiger partial charge in [-0.15, -0.1) is 0 Å². The molecule has 2 aromatic carbocycles. The highest BCUT2D eigenvalue weighted by Gasteiger charge is 2.29. The van der Waals surface area contributed by atoms with E-state index in [-0.39, 0.29) is 20.0 Å². The number of carbonyl (C=O) groups is 2. The molecule has 0 spiro atoms. The van der Waals surface area contributed by atoms with Crippen molar-refractivity contribution in [2.24, 2.45) is 5.92 Å². The van der Waals surface area contributed by atoms with Crippen LogP contribution in [0.4, 0.5) is 0 Å². The minimum Gasteiger partial charge on any atom is -0.468 e. The van der Waals surface area contributed by atoms with Gasteiger partial charge in [0.1, 0.15) is 11.5 Å². The maximum absolute atomic E-state index is 12.1. The molecular formula is C26H34O8. The molecule has 0 heterocycles. The quantitative estimate of drug-likeness (QED) is 0.229. The van der Waals surface area contributed by atoms with Gasteiger partial charge in [-0.1, -0.05) is 37.3 Å². The highest BCUT2D eigenvalue weighted by Crippen LogP contribution is 2.42. The summed E-state index contributed by atoms with van der Waals surface area (Å²) in [4.78, 5) is 24.2. The van der Waals surface area contributed by atoms with Crippen LogP contribution in [0.5, 0.6) is 11.5 Å². The molecule has 0 aliphatic carbocycles. The van der Waals surface area contributed by atoms with Gasteiger partial charge in [-0.2, -0.15) is 0 Å². The van der Waals surface area contributed by atoms with Gasteiger partial charge in [-0.3, -0.25) is 9.59 Å². The van der Waals surface area contributed by atoms with Gasteiger partial charge in [0.25, 0.3) is 0 Å². The average Bonchev–Trinajstić information content (AvgIpc) is 2.87. The zero-order valence-electron chi connectivity index (χ0n) is 20.6. The molecule has 8 nitrogen and oxygen atoms in total. The van der Waals surface area contributed by atoms with Gasteiger partial charge < -0.3 is 28.4 Å². The smallest absolute Gasteiger partial charge is 0.320 e. The van der Waals surface area contributed by atoms with Gasteiger partial charge in [0.05, 0.1) is 14.2 Å². The van der Waals surface area contributed by atoms with Crippen molar-refractivity contribution in [2.75, 3.05) is 42.0 Å². The Bertz CT molecular complexity index is 910. The van der Waals surface area contributed by atoms with Gasteiger partial charge in [0.2, 0.25) is 0 Å². The molecule has 186 valence electrons. The first-order chi connectivity index (χ1) is 16.5. The number of hydrogen-bond donors (Lipinski definition) is 0. The second-order valence-corrected chi connectivity index (χ2v) is 7.52. The number of hydrogen-bond acceptors (Lipinski definition) is 8. The van der Waals surface area contributed by atoms with E-state index >= 15 is 0 Å². The Labute approximate surface area is 201 Å². The van der Waals surface area contributed by atoms with E-state index in [4.69, 9.17) is 28.4 Å². The van der Waals surface area contributed by atoms with Gasteiger partial charge >= 0.3 is 11.9 Å². The van der Waals surface area contributed by atoms with Crippen molar-refractivity contribution in [3.05, 3.63) is 47.5 Å². The van der Waals surface area contributed by atoms with Gasteiger partial charge in [-0.25, -0.2) is 0 Å². The van der Waals surface area contributed by atoms with Crippen LogP contribution >= 0.6 is 0 Å². The van der Waals surface area contributed by atoms with Crippen molar-refractivity contribution in [2.45, 2.75) is 32.6 Å². The monoisotopic (exact) mass is 474 g/mol. The Balaban J connectivity index is 2.54. The minimum atomic E-state index is -0.975. The molecule has 34 heavy (non-hydrogen) atoms. The fraction of sp³-hybridized carbons (Fsp3) is 0.462. The van der Waals surface area contributed by atoms with Crippen LogP contribution < -0.4 is 9.47 Å². The summed E-state index contributed by atoms with van der Waals surface area (Å²) in [6.45, 7) is 2.21. The molecule has 0 aliphatic rings. The summed E-state index contributed by atoms with van der Waals surface area (Å²) in [5, 5.41) is 0. The molecular weight excluding hydrogens is 440 g/mol. The molecule has 0 aromatic heterocycles. The maximum atomic E-state index is 12.1. The molecule has 2 aromatic rings. The molecule has 0 saturated carbocycles. The predicted octanol–water partition coefficient (Wildman–Crippen LogP) is 4.17. The first-order valence-corrected chi connectivity index (χ1v) is 11.2. The van der Waals surface area contributed by atoms with E-state index in [0.717, 1.165) is 22.3 Å². The summed E-state index contributed by atoms with van der Waals surface area (Å²) in [5.74, 6) is -0.914. The third-order valence-electron chi connectivity index (χ3n) is 5.44. The molecule has 0 bridgehead atoms. The number of rotatable bonds is 14. The molecule has 0 aliphatic heterocycles. The van der Waals surface area contributed by atoms with E-state index in [1.54, 1.807) is 14.2 Å². The molecule has 0 N–H and O–H groups in total. The Morgan fingerprint density at radius 2 is 1.41 bits per heavy atom. The van der Waals surface area contributed by atoms with Crippen LogP contribution in [0.2, 0.25) is 0 Å². The largest absolute Gasteiger partial charge is 0.468 e. The third-order valence-corrected chi connectivity index (χ3v) is 5.44. The van der Waals surface area contributed by atoms with Crippen LogP contribution in [0.25, 0.3) is 11.1 Å². The van der Waals surface area contributed by atoms with E-state index in [2.05, 4.69) is 6.92 Å². The Hall–Kier alpha value is -3.10. The van der Waals surface area contributed by atoms with E-state index in [0.29, 0.717) is 30.8 Å². The first kappa shape index (κ1) is 27.1. The van der Waals surface area contributed by atoms with Crippen molar-refractivity contribution in [1.82, 2.24) is 0 Å². The van der Waals surface area contributed by atoms with Crippen LogP contribution in [-0.4, -0.2) is 54.0 Å². The molecule has 0 amide bonds. The van der Waals surface area contributed by atoms with Crippen molar-refractivity contribution in [1.29, 1.82) is 0 Å². The van der Waals surface area contributed by atoms with Crippen LogP contribution in [0, 0.1) is 5.92 Å². The lowest BCUT2D eigenvalue weighted by atomic mass is 9.88. The normalized spacial score (nSPS) is 10.8. The molecule has 0 atom stereocenters. The molecule has 0 saturated heterocycles. The van der Waals surface area contributed by atoms with Crippen LogP contribution in [0.3, 0.4) is 0 Å². The fourth-order valence-corrected chi connectivity index (χ4v) is 3.90. The zero-order valence-corrected chi connectivity index (χ0v) is 20.6. The highest BCUT2D eigenvalue weighted by atomic mass is 16.7. The zero-order chi connectivity index (χ0) is 24.9. The predicted molar refractivity (Wildman–Crippen MR) is 127 cm³/mol. The van der Waals surface area contributed by atoms with E-state index in [9.17, 15) is 9.59 Å². The number of carbonyl (C=O) groups excluding carboxylic acids is 2. The third kappa shape index (κ3) is 6.95. The first-order valence-electron chi connectivity index (χ1n) is 11.2. The summed E-state index contributed by atoms with van der Waals surface area (Å²) in [6, 6.07) is 11.8. The second-order valence-electron chi connectivity index (χ2n) is 7.52. The molecule has 0 radical (unpaired) electrons. The number of methoxy groups -OCH3 is 4. The molecule has 0 fully saturated rings. The topological polar surface area (TPSA) is 89.5 Å². The van der Waals surface area contributed by atoms with Crippen molar-refractivity contribution < 1.29 is 38.0 Å². The van der Waals surface area contributed by atoms with Crippen molar-refractivity contribution in [3.8, 4) is 22.6 Å². The fourth-order valence-electron chi connectivity index (χ4n) is 3.90. The van der Waals surface area contributed by atoms with E-state index in [1.807, 2.05) is 36.4 Å². The summed E-state index contributed by atoms with van der Waals surface area (Å²) in [5.41, 5.74) is 3.93. The lowest BCUT2D eigenvalue weighted by Crippen LogP contribution is -2.26. The molecule has 0 unspecified atom stereocenters. The average molecular weight is 475 g/mol. The lowest BCUT2D eigenvalue weighted by molar-refractivity contribution is -0.159. The van der Waals surface area contributed by atoms with Gasteiger partial charge in [0, 0.05) is 25.8 Å². The number of esters is 2. The lowest BCUT2D eigenvalue weighted by Gasteiger charge is -2.22. The number of benzene rings is 2. The minimum absolute atomic E-state index is 0.0707. The van der Waals surface area contributed by atoms with Gasteiger partial charge in [-0.05, 0) is 42.4 Å². The standard InChI is InChI=1S/C26H34O8/c1-6-19-20(13-10-14-21(25(27)31-4)26(28)32-5)24(18-11-8-7-9-12-18)23(34-17-30-3)15-22(19)33-16-29-2/h7-9,11-12,15,21H,6,10,13-14,16-17H2,1-5H3. The molecule has 2 rings (SSSR count). The highest BCUT2D eigenvalue weighted by molar-refractivity contribution is 5.94. The second kappa shape index (κ2) is 14.2.